The SMILES string of the molecule is CNc1cccc(CN2CCC(NC(=O)OC)C2)n1. The van der Waals surface area contributed by atoms with E-state index in [1.807, 2.05) is 25.2 Å². The number of carbonyl (C=O) groups excluding carboxylic acids is 1. The smallest absolute Gasteiger partial charge is 0.407 e. The Hall–Kier alpha value is -1.82. The molecule has 0 saturated carbocycles. The number of anilines is 1. The first kappa shape index (κ1) is 13.6. The lowest BCUT2D eigenvalue weighted by molar-refractivity contribution is 0.166. The molecule has 0 spiro atoms. The van der Waals surface area contributed by atoms with Gasteiger partial charge in [-0.05, 0) is 18.6 Å². The first-order chi connectivity index (χ1) is 9.21. The molecule has 0 radical (unpaired) electrons. The van der Waals surface area contributed by atoms with Crippen molar-refractivity contribution in [3.05, 3.63) is 23.9 Å². The fraction of sp³-hybridized carbons (Fsp3) is 0.538. The fourth-order valence-electron chi connectivity index (χ4n) is 2.26. The number of hydrogen-bond donors (Lipinski definition) is 2. The molecule has 1 saturated heterocycles. The van der Waals surface area contributed by atoms with Gasteiger partial charge in [0.1, 0.15) is 5.82 Å². The zero-order valence-corrected chi connectivity index (χ0v) is 11.3. The number of rotatable bonds is 4. The number of likely N-dealkylation sites (tertiary alicyclic amines) is 1. The lowest BCUT2D eigenvalue weighted by atomic mass is 10.3. The van der Waals surface area contributed by atoms with Gasteiger partial charge in [-0.25, -0.2) is 9.78 Å². The van der Waals surface area contributed by atoms with Gasteiger partial charge in [-0.15, -0.1) is 0 Å². The molecular formula is C13H20N4O2. The van der Waals surface area contributed by atoms with Gasteiger partial charge in [0.25, 0.3) is 0 Å². The Morgan fingerprint density at radius 2 is 2.42 bits per heavy atom. The highest BCUT2D eigenvalue weighted by Gasteiger charge is 2.24. The zero-order chi connectivity index (χ0) is 13.7. The van der Waals surface area contributed by atoms with E-state index < -0.39 is 0 Å². The second-order valence-electron chi connectivity index (χ2n) is 4.62. The maximum Gasteiger partial charge on any atom is 0.407 e. The Morgan fingerprint density at radius 3 is 3.16 bits per heavy atom. The summed E-state index contributed by atoms with van der Waals surface area (Å²) in [5.74, 6) is 0.876. The van der Waals surface area contributed by atoms with Crippen LogP contribution in [-0.4, -0.2) is 49.3 Å². The largest absolute Gasteiger partial charge is 0.453 e. The second kappa shape index (κ2) is 6.38. The van der Waals surface area contributed by atoms with Crippen LogP contribution in [0.4, 0.5) is 10.6 Å². The first-order valence-electron chi connectivity index (χ1n) is 6.42. The van der Waals surface area contributed by atoms with Crippen molar-refractivity contribution in [3.63, 3.8) is 0 Å². The number of amides is 1. The maximum atomic E-state index is 11.1. The maximum absolute atomic E-state index is 11.1. The lowest BCUT2D eigenvalue weighted by Crippen LogP contribution is -2.36. The molecule has 2 N–H and O–H groups in total. The van der Waals surface area contributed by atoms with Crippen LogP contribution in [0.2, 0.25) is 0 Å². The first-order valence-corrected chi connectivity index (χ1v) is 6.42. The van der Waals surface area contributed by atoms with E-state index in [-0.39, 0.29) is 12.1 Å². The summed E-state index contributed by atoms with van der Waals surface area (Å²) in [6.45, 7) is 2.59. The number of ether oxygens (including phenoxy) is 1. The van der Waals surface area contributed by atoms with Gasteiger partial charge in [0, 0.05) is 32.7 Å². The van der Waals surface area contributed by atoms with Gasteiger partial charge in [-0.2, -0.15) is 0 Å². The number of methoxy groups -OCH3 is 1. The van der Waals surface area contributed by atoms with Crippen molar-refractivity contribution in [2.75, 3.05) is 32.6 Å². The Balaban J connectivity index is 1.85. The number of alkyl carbamates (subject to hydrolysis) is 1. The van der Waals surface area contributed by atoms with E-state index in [1.165, 1.54) is 7.11 Å². The summed E-state index contributed by atoms with van der Waals surface area (Å²) in [4.78, 5) is 17.9. The van der Waals surface area contributed by atoms with E-state index in [9.17, 15) is 4.79 Å². The van der Waals surface area contributed by atoms with E-state index in [1.54, 1.807) is 0 Å². The third-order valence-corrected chi connectivity index (χ3v) is 3.23. The standard InChI is InChI=1S/C13H20N4O2/c1-14-12-5-3-4-10(15-12)8-17-7-6-11(9-17)16-13(18)19-2/h3-5,11H,6-9H2,1-2H3,(H,14,15)(H,16,18). The molecule has 2 rings (SSSR count). The van der Waals surface area contributed by atoms with Gasteiger partial charge < -0.3 is 15.4 Å². The summed E-state index contributed by atoms with van der Waals surface area (Å²) in [6, 6.07) is 6.12. The van der Waals surface area contributed by atoms with Crippen molar-refractivity contribution in [1.29, 1.82) is 0 Å². The molecule has 104 valence electrons. The number of nitrogens with zero attached hydrogens (tertiary/aromatic N) is 2. The highest BCUT2D eigenvalue weighted by atomic mass is 16.5. The van der Waals surface area contributed by atoms with Gasteiger partial charge >= 0.3 is 6.09 Å². The Morgan fingerprint density at radius 1 is 1.58 bits per heavy atom. The van der Waals surface area contributed by atoms with Gasteiger partial charge in [-0.1, -0.05) is 6.07 Å². The molecule has 1 aromatic rings. The summed E-state index contributed by atoms with van der Waals surface area (Å²) in [6.07, 6.45) is 0.586. The molecule has 1 fully saturated rings. The molecule has 19 heavy (non-hydrogen) atoms. The zero-order valence-electron chi connectivity index (χ0n) is 11.3. The van der Waals surface area contributed by atoms with Gasteiger partial charge in [0.05, 0.1) is 12.8 Å². The fourth-order valence-corrected chi connectivity index (χ4v) is 2.26. The van der Waals surface area contributed by atoms with Crippen LogP contribution >= 0.6 is 0 Å². The summed E-state index contributed by atoms with van der Waals surface area (Å²) in [7, 11) is 3.24. The third kappa shape index (κ3) is 3.82. The average Bonchev–Trinajstić information content (AvgIpc) is 2.86. The second-order valence-corrected chi connectivity index (χ2v) is 4.62. The van der Waals surface area contributed by atoms with Crippen LogP contribution in [0, 0.1) is 0 Å². The summed E-state index contributed by atoms with van der Waals surface area (Å²) in [5.41, 5.74) is 1.03. The molecule has 1 atom stereocenters. The van der Waals surface area contributed by atoms with Gasteiger partial charge in [0.2, 0.25) is 0 Å². The topological polar surface area (TPSA) is 66.5 Å². The van der Waals surface area contributed by atoms with E-state index in [0.29, 0.717) is 0 Å². The van der Waals surface area contributed by atoms with Crippen LogP contribution in [0.15, 0.2) is 18.2 Å². The van der Waals surface area contributed by atoms with Crippen molar-refractivity contribution >= 4 is 11.9 Å². The van der Waals surface area contributed by atoms with E-state index in [0.717, 1.165) is 37.6 Å². The average molecular weight is 264 g/mol. The van der Waals surface area contributed by atoms with Crippen LogP contribution < -0.4 is 10.6 Å². The number of carbonyl (C=O) groups is 1. The van der Waals surface area contributed by atoms with Crippen LogP contribution in [-0.2, 0) is 11.3 Å². The van der Waals surface area contributed by atoms with E-state index in [2.05, 4.69) is 25.3 Å². The van der Waals surface area contributed by atoms with Crippen LogP contribution in [0.5, 0.6) is 0 Å². The molecule has 1 aliphatic heterocycles. The minimum atomic E-state index is -0.359. The molecule has 1 aliphatic rings. The normalized spacial score (nSPS) is 19.2. The van der Waals surface area contributed by atoms with Crippen molar-refractivity contribution in [2.24, 2.45) is 0 Å². The molecule has 1 unspecified atom stereocenters. The molecule has 0 aliphatic carbocycles. The predicted molar refractivity (Wildman–Crippen MR) is 73.0 cm³/mol. The highest BCUT2D eigenvalue weighted by Crippen LogP contribution is 2.13. The third-order valence-electron chi connectivity index (χ3n) is 3.23. The molecule has 1 aromatic heterocycles. The molecule has 6 heteroatoms. The Bertz CT molecular complexity index is 438. The van der Waals surface area contributed by atoms with E-state index >= 15 is 0 Å². The number of aromatic nitrogens is 1. The molecule has 6 nitrogen and oxygen atoms in total. The van der Waals surface area contributed by atoms with Gasteiger partial charge in [-0.3, -0.25) is 4.90 Å². The van der Waals surface area contributed by atoms with Crippen molar-refractivity contribution in [3.8, 4) is 0 Å². The van der Waals surface area contributed by atoms with Crippen molar-refractivity contribution < 1.29 is 9.53 Å². The predicted octanol–water partition coefficient (Wildman–Crippen LogP) is 1.05. The molecule has 0 aromatic carbocycles. The lowest BCUT2D eigenvalue weighted by Gasteiger charge is -2.16. The Kier molecular flexibility index (Phi) is 4.57. The molecule has 1 amide bonds. The number of pyridine rings is 1. The minimum Gasteiger partial charge on any atom is -0.453 e. The monoisotopic (exact) mass is 264 g/mol. The van der Waals surface area contributed by atoms with Crippen molar-refractivity contribution in [2.45, 2.75) is 19.0 Å². The quantitative estimate of drug-likeness (QED) is 0.851. The minimum absolute atomic E-state index is 0.167. The van der Waals surface area contributed by atoms with Crippen LogP contribution in [0.1, 0.15) is 12.1 Å². The molecular weight excluding hydrogens is 244 g/mol. The summed E-state index contributed by atoms with van der Waals surface area (Å²) < 4.78 is 4.61. The van der Waals surface area contributed by atoms with E-state index in [4.69, 9.17) is 0 Å². The van der Waals surface area contributed by atoms with Gasteiger partial charge in [0.15, 0.2) is 0 Å². The summed E-state index contributed by atoms with van der Waals surface area (Å²) in [5, 5.41) is 5.86. The molecule has 0 bridgehead atoms. The summed E-state index contributed by atoms with van der Waals surface area (Å²) >= 11 is 0. The van der Waals surface area contributed by atoms with Crippen molar-refractivity contribution in [1.82, 2.24) is 15.2 Å². The number of nitrogens with one attached hydrogen (secondary N) is 2. The number of hydrogen-bond acceptors (Lipinski definition) is 5. The highest BCUT2D eigenvalue weighted by molar-refractivity contribution is 5.67. The molecule has 2 heterocycles. The Labute approximate surface area is 113 Å². The van der Waals surface area contributed by atoms with Crippen LogP contribution in [0.3, 0.4) is 0 Å². The van der Waals surface area contributed by atoms with Crippen LogP contribution in [0.25, 0.3) is 0 Å².